The number of carbonyl (C=O) groups is 1. The lowest BCUT2D eigenvalue weighted by Crippen LogP contribution is -2.52. The number of amides is 1. The van der Waals surface area contributed by atoms with Crippen LogP contribution in [0.1, 0.15) is 17.2 Å². The second-order valence-corrected chi connectivity index (χ2v) is 6.92. The average molecular weight is 395 g/mol. The molecular weight excluding hydrogens is 379 g/mol. The van der Waals surface area contributed by atoms with Crippen LogP contribution in [0.5, 0.6) is 0 Å². The molecule has 4 N–H and O–H groups in total. The molecule has 2 unspecified atom stereocenters. The van der Waals surface area contributed by atoms with Crippen molar-refractivity contribution < 1.29 is 18.0 Å². The fourth-order valence-electron chi connectivity index (χ4n) is 3.06. The van der Waals surface area contributed by atoms with E-state index in [1.54, 1.807) is 34.8 Å². The van der Waals surface area contributed by atoms with Crippen molar-refractivity contribution in [3.8, 4) is 0 Å². The zero-order valence-corrected chi connectivity index (χ0v) is 14.7. The minimum absolute atomic E-state index is 0.119. The first-order valence-corrected chi connectivity index (χ1v) is 9.21. The molecule has 0 aliphatic carbocycles. The molecule has 27 heavy (non-hydrogen) atoms. The van der Waals surface area contributed by atoms with Crippen LogP contribution in [0, 0.1) is 0 Å². The number of nitrogens with zero attached hydrogens (tertiary/aromatic N) is 1. The van der Waals surface area contributed by atoms with Gasteiger partial charge in [0, 0.05) is 11.6 Å². The van der Waals surface area contributed by atoms with E-state index in [2.05, 4.69) is 21.4 Å². The SMILES string of the molecule is O=C(NC1=CNC2C=CC(c3ccccc3C(F)(F)F)NN12)C1=CSCN1. The third kappa shape index (κ3) is 3.50. The van der Waals surface area contributed by atoms with Crippen molar-refractivity contribution in [2.75, 3.05) is 5.88 Å². The second kappa shape index (κ2) is 6.86. The summed E-state index contributed by atoms with van der Waals surface area (Å²) in [5, 5.41) is 12.1. The number of rotatable bonds is 3. The topological polar surface area (TPSA) is 68.4 Å². The maximum atomic E-state index is 13.3. The number of thioether (sulfide) groups is 1. The van der Waals surface area contributed by atoms with Gasteiger partial charge in [-0.1, -0.05) is 24.3 Å². The molecule has 1 amide bonds. The summed E-state index contributed by atoms with van der Waals surface area (Å²) in [6, 6.07) is 4.77. The highest BCUT2D eigenvalue weighted by atomic mass is 32.2. The van der Waals surface area contributed by atoms with Crippen LogP contribution in [-0.2, 0) is 11.0 Å². The predicted molar refractivity (Wildman–Crippen MR) is 95.1 cm³/mol. The van der Waals surface area contributed by atoms with Crippen LogP contribution >= 0.6 is 11.8 Å². The number of hydrogen-bond acceptors (Lipinski definition) is 6. The van der Waals surface area contributed by atoms with Crippen molar-refractivity contribution in [1.29, 1.82) is 0 Å². The smallest absolute Gasteiger partial charge is 0.371 e. The van der Waals surface area contributed by atoms with E-state index in [1.165, 1.54) is 23.9 Å². The Bertz CT molecular complexity index is 851. The highest BCUT2D eigenvalue weighted by Gasteiger charge is 2.37. The molecule has 0 bridgehead atoms. The average Bonchev–Trinajstić information content (AvgIpc) is 3.31. The Morgan fingerprint density at radius 1 is 1.26 bits per heavy atom. The molecule has 4 rings (SSSR count). The van der Waals surface area contributed by atoms with Gasteiger partial charge in [0.15, 0.2) is 0 Å². The Morgan fingerprint density at radius 3 is 2.81 bits per heavy atom. The number of alkyl halides is 3. The highest BCUT2D eigenvalue weighted by molar-refractivity contribution is 8.02. The van der Waals surface area contributed by atoms with Crippen LogP contribution in [-0.4, -0.2) is 23.0 Å². The van der Waals surface area contributed by atoms with Gasteiger partial charge in [-0.3, -0.25) is 9.80 Å². The lowest BCUT2D eigenvalue weighted by atomic mass is 9.99. The molecule has 0 saturated carbocycles. The van der Waals surface area contributed by atoms with Gasteiger partial charge in [-0.25, -0.2) is 5.43 Å². The van der Waals surface area contributed by atoms with Crippen LogP contribution in [0.4, 0.5) is 13.2 Å². The second-order valence-electron chi connectivity index (χ2n) is 6.06. The minimum Gasteiger partial charge on any atom is -0.371 e. The third-order valence-electron chi connectivity index (χ3n) is 4.33. The number of carbonyl (C=O) groups excluding carboxylic acids is 1. The Kier molecular flexibility index (Phi) is 4.52. The number of hydrazine groups is 1. The normalized spacial score (nSPS) is 23.9. The molecule has 3 aliphatic heterocycles. The summed E-state index contributed by atoms with van der Waals surface area (Å²) < 4.78 is 40.0. The largest absolute Gasteiger partial charge is 0.416 e. The summed E-state index contributed by atoms with van der Waals surface area (Å²) in [5.74, 6) is 0.754. The Hall–Kier alpha value is -2.59. The number of hydrogen-bond donors (Lipinski definition) is 4. The zero-order valence-electron chi connectivity index (χ0n) is 13.9. The first-order chi connectivity index (χ1) is 12.9. The van der Waals surface area contributed by atoms with Crippen LogP contribution in [0.15, 0.2) is 59.5 Å². The Morgan fingerprint density at radius 2 is 2.07 bits per heavy atom. The molecule has 1 aromatic rings. The molecule has 0 fully saturated rings. The standard InChI is InChI=1S/C17H16F3N5OS/c18-17(19,20)11-4-2-1-3-10(11)12-5-6-14-21-7-15(25(14)24-12)23-16(26)13-8-27-9-22-13/h1-8,12,14,21-22,24H,9H2,(H,23,26). The van der Waals surface area contributed by atoms with E-state index in [4.69, 9.17) is 0 Å². The van der Waals surface area contributed by atoms with Crippen LogP contribution in [0.3, 0.4) is 0 Å². The maximum absolute atomic E-state index is 13.3. The van der Waals surface area contributed by atoms with Crippen molar-refractivity contribution in [1.82, 2.24) is 26.4 Å². The third-order valence-corrected chi connectivity index (χ3v) is 5.04. The number of halogens is 3. The molecule has 0 aromatic heterocycles. The van der Waals surface area contributed by atoms with Gasteiger partial charge in [0.05, 0.1) is 17.5 Å². The van der Waals surface area contributed by atoms with E-state index in [0.717, 1.165) is 6.07 Å². The zero-order chi connectivity index (χ0) is 19.0. The van der Waals surface area contributed by atoms with Gasteiger partial charge in [0.2, 0.25) is 0 Å². The van der Waals surface area contributed by atoms with Gasteiger partial charge in [-0.05, 0) is 17.7 Å². The van der Waals surface area contributed by atoms with Crippen LogP contribution in [0.25, 0.3) is 0 Å². The molecule has 10 heteroatoms. The van der Waals surface area contributed by atoms with Gasteiger partial charge in [-0.15, -0.1) is 11.8 Å². The first kappa shape index (κ1) is 17.8. The predicted octanol–water partition coefficient (Wildman–Crippen LogP) is 2.10. The summed E-state index contributed by atoms with van der Waals surface area (Å²) in [4.78, 5) is 12.3. The molecule has 3 heterocycles. The van der Waals surface area contributed by atoms with Gasteiger partial charge < -0.3 is 16.0 Å². The molecule has 0 saturated heterocycles. The molecule has 1 aromatic carbocycles. The van der Waals surface area contributed by atoms with E-state index < -0.39 is 17.8 Å². The summed E-state index contributed by atoms with van der Waals surface area (Å²) in [5.41, 5.74) is 2.93. The number of nitrogens with one attached hydrogen (secondary N) is 4. The van der Waals surface area contributed by atoms with Gasteiger partial charge in [0.25, 0.3) is 5.91 Å². The Labute approximate surface area is 157 Å². The molecule has 6 nitrogen and oxygen atoms in total. The van der Waals surface area contributed by atoms with E-state index in [-0.39, 0.29) is 17.6 Å². The lowest BCUT2D eigenvalue weighted by molar-refractivity contribution is -0.138. The number of fused-ring (bicyclic) bond motifs is 1. The highest BCUT2D eigenvalue weighted by Crippen LogP contribution is 2.36. The molecule has 3 aliphatic rings. The molecule has 0 radical (unpaired) electrons. The van der Waals surface area contributed by atoms with Crippen molar-refractivity contribution >= 4 is 17.7 Å². The fraction of sp³-hybridized carbons (Fsp3) is 0.235. The molecule has 2 atom stereocenters. The maximum Gasteiger partial charge on any atom is 0.416 e. The molecule has 142 valence electrons. The van der Waals surface area contributed by atoms with E-state index in [1.807, 2.05) is 0 Å². The first-order valence-electron chi connectivity index (χ1n) is 8.16. The molecular formula is C17H16F3N5OS. The minimum atomic E-state index is -4.45. The van der Waals surface area contributed by atoms with E-state index in [9.17, 15) is 18.0 Å². The van der Waals surface area contributed by atoms with Gasteiger partial charge >= 0.3 is 6.18 Å². The van der Waals surface area contributed by atoms with Crippen LogP contribution in [0.2, 0.25) is 0 Å². The van der Waals surface area contributed by atoms with Crippen LogP contribution < -0.4 is 21.4 Å². The van der Waals surface area contributed by atoms with Gasteiger partial charge in [0.1, 0.15) is 17.7 Å². The van der Waals surface area contributed by atoms with Crippen molar-refractivity contribution in [2.45, 2.75) is 18.4 Å². The van der Waals surface area contributed by atoms with E-state index >= 15 is 0 Å². The summed E-state index contributed by atoms with van der Waals surface area (Å²) in [6.07, 6.45) is 0.300. The van der Waals surface area contributed by atoms with Crippen molar-refractivity contribution in [2.24, 2.45) is 0 Å². The summed E-state index contributed by atoms with van der Waals surface area (Å²) in [6.45, 7) is 0. The summed E-state index contributed by atoms with van der Waals surface area (Å²) >= 11 is 1.48. The fourth-order valence-corrected chi connectivity index (χ4v) is 3.74. The molecule has 0 spiro atoms. The summed E-state index contributed by atoms with van der Waals surface area (Å²) in [7, 11) is 0. The monoisotopic (exact) mass is 395 g/mol. The lowest BCUT2D eigenvalue weighted by Gasteiger charge is -2.35. The quantitative estimate of drug-likeness (QED) is 0.588. The van der Waals surface area contributed by atoms with Gasteiger partial charge in [-0.2, -0.15) is 13.2 Å². The van der Waals surface area contributed by atoms with E-state index in [0.29, 0.717) is 17.4 Å². The van der Waals surface area contributed by atoms with Crippen molar-refractivity contribution in [3.63, 3.8) is 0 Å². The Balaban J connectivity index is 1.53. The van der Waals surface area contributed by atoms with Crippen molar-refractivity contribution in [3.05, 3.63) is 70.7 Å². The number of benzene rings is 1.